The van der Waals surface area contributed by atoms with E-state index in [1.807, 2.05) is 0 Å². The van der Waals surface area contributed by atoms with E-state index in [9.17, 15) is 0 Å². The number of para-hydroxylation sites is 2. The number of hydrogen-bond acceptors (Lipinski definition) is 2. The van der Waals surface area contributed by atoms with Crippen molar-refractivity contribution in [2.75, 3.05) is 0 Å². The van der Waals surface area contributed by atoms with Crippen LogP contribution >= 0.6 is 0 Å². The molecule has 0 spiro atoms. The van der Waals surface area contributed by atoms with Crippen LogP contribution in [0.15, 0.2) is 206 Å². The summed E-state index contributed by atoms with van der Waals surface area (Å²) in [5.74, 6) is 0.646. The van der Waals surface area contributed by atoms with Crippen LogP contribution in [-0.2, 0) is 0 Å². The lowest BCUT2D eigenvalue weighted by Gasteiger charge is -2.14. The highest BCUT2D eigenvalue weighted by molar-refractivity contribution is 6.26. The Kier molecular flexibility index (Phi) is 6.80. The van der Waals surface area contributed by atoms with Crippen molar-refractivity contribution < 1.29 is 0 Å². The molecule has 14 aromatic rings. The Bertz CT molecular complexity index is 4190. The average molecular weight is 787 g/mol. The molecule has 14 rings (SSSR count). The minimum Gasteiger partial charge on any atom is -0.309 e. The molecule has 286 valence electrons. The molecule has 3 heterocycles. The largest absolute Gasteiger partial charge is 0.309 e. The molecule has 0 atom stereocenters. The number of benzene rings is 11. The van der Waals surface area contributed by atoms with E-state index < -0.39 is 0 Å². The van der Waals surface area contributed by atoms with E-state index in [1.165, 1.54) is 75.7 Å². The zero-order valence-electron chi connectivity index (χ0n) is 33.4. The molecule has 0 N–H and O–H groups in total. The van der Waals surface area contributed by atoms with Crippen molar-refractivity contribution in [2.24, 2.45) is 0 Å². The van der Waals surface area contributed by atoms with Gasteiger partial charge in [-0.15, -0.1) is 0 Å². The summed E-state index contributed by atoms with van der Waals surface area (Å²) in [6, 6.07) is 75.0. The number of nitrogens with zero attached hydrogens (tertiary/aromatic N) is 4. The molecule has 0 radical (unpaired) electrons. The molecule has 0 aliphatic rings. The second kappa shape index (κ2) is 12.6. The Morgan fingerprint density at radius 1 is 0.290 bits per heavy atom. The van der Waals surface area contributed by atoms with Crippen LogP contribution < -0.4 is 0 Å². The zero-order chi connectivity index (χ0) is 40.5. The summed E-state index contributed by atoms with van der Waals surface area (Å²) in [6.07, 6.45) is 0. The van der Waals surface area contributed by atoms with Crippen LogP contribution in [0.3, 0.4) is 0 Å². The van der Waals surface area contributed by atoms with Crippen molar-refractivity contribution in [1.82, 2.24) is 19.1 Å². The minimum absolute atomic E-state index is 0.646. The third-order valence-electron chi connectivity index (χ3n) is 13.2. The van der Waals surface area contributed by atoms with E-state index >= 15 is 0 Å². The van der Waals surface area contributed by atoms with Crippen LogP contribution in [0.25, 0.3) is 131 Å². The van der Waals surface area contributed by atoms with Crippen molar-refractivity contribution in [3.8, 4) is 22.9 Å². The van der Waals surface area contributed by atoms with E-state index in [2.05, 4.69) is 215 Å². The van der Waals surface area contributed by atoms with Gasteiger partial charge in [-0.3, -0.25) is 4.57 Å². The van der Waals surface area contributed by atoms with E-state index in [4.69, 9.17) is 9.97 Å². The van der Waals surface area contributed by atoms with E-state index in [0.29, 0.717) is 5.95 Å². The highest BCUT2D eigenvalue weighted by Gasteiger charge is 2.21. The van der Waals surface area contributed by atoms with Crippen LogP contribution in [0, 0.1) is 0 Å². The maximum absolute atomic E-state index is 5.58. The monoisotopic (exact) mass is 786 g/mol. The van der Waals surface area contributed by atoms with Gasteiger partial charge in [0.25, 0.3) is 0 Å². The van der Waals surface area contributed by atoms with Gasteiger partial charge in [-0.05, 0) is 97.0 Å². The van der Waals surface area contributed by atoms with Gasteiger partial charge in [-0.25, -0.2) is 9.97 Å². The first-order valence-corrected chi connectivity index (χ1v) is 21.2. The molecule has 4 nitrogen and oxygen atoms in total. The molecule has 0 aliphatic heterocycles. The van der Waals surface area contributed by atoms with Gasteiger partial charge in [-0.1, -0.05) is 158 Å². The lowest BCUT2D eigenvalue weighted by Crippen LogP contribution is -2.03. The SMILES string of the molecule is c1ccc2cc3c(cc2c1)c1cc(-n2c4ccccc4c4ccc5ccccc5c42)ccc1n3-c1nc(-c2ccc3c4ccccc4c4ccccc4c3c2)c2ccccc2n1. The van der Waals surface area contributed by atoms with Crippen molar-refractivity contribution >= 4 is 108 Å². The highest BCUT2D eigenvalue weighted by Crippen LogP contribution is 2.42. The summed E-state index contributed by atoms with van der Waals surface area (Å²) >= 11 is 0. The highest BCUT2D eigenvalue weighted by atomic mass is 15.2. The number of hydrogen-bond donors (Lipinski definition) is 0. The Morgan fingerprint density at radius 2 is 0.855 bits per heavy atom. The Morgan fingerprint density at radius 3 is 1.63 bits per heavy atom. The topological polar surface area (TPSA) is 35.6 Å². The smallest absolute Gasteiger partial charge is 0.235 e. The lowest BCUT2D eigenvalue weighted by molar-refractivity contribution is 1.01. The summed E-state index contributed by atoms with van der Waals surface area (Å²) in [5.41, 5.74) is 8.52. The molecule has 0 fully saturated rings. The van der Waals surface area contributed by atoms with Gasteiger partial charge in [0.2, 0.25) is 5.95 Å². The number of rotatable bonds is 3. The minimum atomic E-state index is 0.646. The summed E-state index contributed by atoms with van der Waals surface area (Å²) in [5, 5.41) is 18.1. The Hall–Kier alpha value is -8.34. The molecular weight excluding hydrogens is 753 g/mol. The summed E-state index contributed by atoms with van der Waals surface area (Å²) < 4.78 is 4.73. The van der Waals surface area contributed by atoms with Crippen LogP contribution in [0.1, 0.15) is 0 Å². The summed E-state index contributed by atoms with van der Waals surface area (Å²) in [7, 11) is 0. The normalized spacial score (nSPS) is 12.2. The summed E-state index contributed by atoms with van der Waals surface area (Å²) in [6.45, 7) is 0. The first kappa shape index (κ1) is 33.5. The van der Waals surface area contributed by atoms with Gasteiger partial charge in [0.1, 0.15) is 0 Å². The predicted molar refractivity (Wildman–Crippen MR) is 261 cm³/mol. The van der Waals surface area contributed by atoms with Crippen molar-refractivity contribution in [2.45, 2.75) is 0 Å². The van der Waals surface area contributed by atoms with Gasteiger partial charge in [-0.2, -0.15) is 0 Å². The first-order chi connectivity index (χ1) is 30.7. The van der Waals surface area contributed by atoms with Crippen LogP contribution in [0.2, 0.25) is 0 Å². The van der Waals surface area contributed by atoms with E-state index in [1.54, 1.807) is 0 Å². The fourth-order valence-electron chi connectivity index (χ4n) is 10.5. The van der Waals surface area contributed by atoms with Gasteiger partial charge in [0.15, 0.2) is 0 Å². The van der Waals surface area contributed by atoms with Crippen molar-refractivity contribution in [3.05, 3.63) is 206 Å². The first-order valence-electron chi connectivity index (χ1n) is 21.2. The molecule has 11 aromatic carbocycles. The second-order valence-electron chi connectivity index (χ2n) is 16.5. The van der Waals surface area contributed by atoms with Gasteiger partial charge < -0.3 is 4.57 Å². The zero-order valence-corrected chi connectivity index (χ0v) is 33.4. The molecule has 4 heteroatoms. The fraction of sp³-hybridized carbons (Fsp3) is 0. The molecule has 0 unspecified atom stereocenters. The molecular formula is C58H34N4. The van der Waals surface area contributed by atoms with Gasteiger partial charge in [0, 0.05) is 43.6 Å². The standard InChI is InChI=1S/C58H34N4/c1-2-15-37-33-55-50(31-36(37)14-1)51-34-39(61-53-24-12-10-21-46(53)47-29-25-35-13-3-4-16-40(35)57(47)61)27-30-54(51)62(55)58-59-52-23-11-9-22-48(52)56(60-58)38-26-28-45-43-19-6-5-17-41(43)42-18-7-8-20-44(42)49(45)32-38/h1-34H. The fourth-order valence-corrected chi connectivity index (χ4v) is 10.5. The molecule has 0 saturated heterocycles. The summed E-state index contributed by atoms with van der Waals surface area (Å²) in [4.78, 5) is 11.0. The molecule has 0 aliphatic carbocycles. The second-order valence-corrected chi connectivity index (χ2v) is 16.5. The van der Waals surface area contributed by atoms with Gasteiger partial charge in [0.05, 0.1) is 33.3 Å². The maximum Gasteiger partial charge on any atom is 0.235 e. The Labute approximate surface area is 355 Å². The quantitative estimate of drug-likeness (QED) is 0.167. The number of aromatic nitrogens is 4. The van der Waals surface area contributed by atoms with Crippen LogP contribution in [0.4, 0.5) is 0 Å². The van der Waals surface area contributed by atoms with Crippen LogP contribution in [0.5, 0.6) is 0 Å². The van der Waals surface area contributed by atoms with Gasteiger partial charge >= 0.3 is 0 Å². The molecule has 0 bridgehead atoms. The predicted octanol–water partition coefficient (Wildman–Crippen LogP) is 15.3. The number of fused-ring (bicyclic) bond motifs is 16. The van der Waals surface area contributed by atoms with Crippen LogP contribution in [-0.4, -0.2) is 19.1 Å². The maximum atomic E-state index is 5.58. The average Bonchev–Trinajstić information content (AvgIpc) is 3.85. The lowest BCUT2D eigenvalue weighted by atomic mass is 9.92. The molecule has 62 heavy (non-hydrogen) atoms. The molecule has 3 aromatic heterocycles. The molecule has 0 saturated carbocycles. The van der Waals surface area contributed by atoms with E-state index in [0.717, 1.165) is 49.7 Å². The van der Waals surface area contributed by atoms with Crippen molar-refractivity contribution in [1.29, 1.82) is 0 Å². The molecule has 0 amide bonds. The Balaban J connectivity index is 1.06. The van der Waals surface area contributed by atoms with E-state index in [-0.39, 0.29) is 0 Å². The third kappa shape index (κ3) is 4.66. The van der Waals surface area contributed by atoms with Crippen molar-refractivity contribution in [3.63, 3.8) is 0 Å². The third-order valence-corrected chi connectivity index (χ3v) is 13.2.